The smallest absolute Gasteiger partial charge is 0.227 e. The Bertz CT molecular complexity index is 941. The van der Waals surface area contributed by atoms with Crippen LogP contribution in [0.5, 0.6) is 5.75 Å². The summed E-state index contributed by atoms with van der Waals surface area (Å²) in [5.74, 6) is 0.365. The summed E-state index contributed by atoms with van der Waals surface area (Å²) in [6.07, 6.45) is 1.91. The first-order valence-electron chi connectivity index (χ1n) is 10.6. The van der Waals surface area contributed by atoms with E-state index in [1.54, 1.807) is 12.0 Å². The standard InChI is InChI=1S/C24H27BrN2O4/c1-30-19-8-6-18(7-9-19)24(10-12-31-13-11-24)16-26-23(29)17-14-22(28)27(15-17)21-5-3-2-4-20(21)25/h2-9,17H,10-16H2,1H3,(H,26,29). The fourth-order valence-corrected chi connectivity index (χ4v) is 4.96. The normalized spacial score (nSPS) is 20.5. The van der Waals surface area contributed by atoms with Gasteiger partial charge in [0, 0.05) is 42.6 Å². The minimum atomic E-state index is -0.354. The number of methoxy groups -OCH3 is 1. The molecule has 1 unspecified atom stereocenters. The third kappa shape index (κ3) is 4.62. The molecule has 0 bridgehead atoms. The molecule has 7 heteroatoms. The van der Waals surface area contributed by atoms with Gasteiger partial charge < -0.3 is 19.7 Å². The molecule has 6 nitrogen and oxygen atoms in total. The molecule has 2 aromatic carbocycles. The van der Waals surface area contributed by atoms with Crippen LogP contribution in [0.4, 0.5) is 5.69 Å². The van der Waals surface area contributed by atoms with Crippen LogP contribution in [0, 0.1) is 5.92 Å². The van der Waals surface area contributed by atoms with Gasteiger partial charge in [0.15, 0.2) is 0 Å². The van der Waals surface area contributed by atoms with Crippen molar-refractivity contribution in [1.29, 1.82) is 0 Å². The zero-order valence-electron chi connectivity index (χ0n) is 17.6. The number of amides is 2. The number of halogens is 1. The summed E-state index contributed by atoms with van der Waals surface area (Å²) in [5.41, 5.74) is 1.81. The van der Waals surface area contributed by atoms with Gasteiger partial charge in [-0.3, -0.25) is 9.59 Å². The molecule has 1 atom stereocenters. The van der Waals surface area contributed by atoms with Gasteiger partial charge in [-0.2, -0.15) is 0 Å². The molecule has 2 heterocycles. The molecule has 1 N–H and O–H groups in total. The lowest BCUT2D eigenvalue weighted by atomic mass is 9.74. The minimum Gasteiger partial charge on any atom is -0.497 e. The Morgan fingerprint density at radius 1 is 1.19 bits per heavy atom. The van der Waals surface area contributed by atoms with Crippen molar-refractivity contribution >= 4 is 33.4 Å². The van der Waals surface area contributed by atoms with Crippen LogP contribution in [-0.4, -0.2) is 45.2 Å². The Kier molecular flexibility index (Phi) is 6.62. The Labute approximate surface area is 191 Å². The third-order valence-corrected chi connectivity index (χ3v) is 7.06. The van der Waals surface area contributed by atoms with Crippen LogP contribution in [0.2, 0.25) is 0 Å². The van der Waals surface area contributed by atoms with Gasteiger partial charge in [0.2, 0.25) is 11.8 Å². The van der Waals surface area contributed by atoms with Crippen molar-refractivity contribution in [1.82, 2.24) is 5.32 Å². The van der Waals surface area contributed by atoms with E-state index in [9.17, 15) is 9.59 Å². The van der Waals surface area contributed by atoms with E-state index in [1.165, 1.54) is 5.56 Å². The van der Waals surface area contributed by atoms with E-state index in [0.717, 1.165) is 28.8 Å². The number of para-hydroxylation sites is 1. The summed E-state index contributed by atoms with van der Waals surface area (Å²) in [4.78, 5) is 27.3. The maximum absolute atomic E-state index is 13.0. The number of nitrogens with zero attached hydrogens (tertiary/aromatic N) is 1. The lowest BCUT2D eigenvalue weighted by molar-refractivity contribution is -0.126. The maximum Gasteiger partial charge on any atom is 0.227 e. The Morgan fingerprint density at radius 2 is 1.90 bits per heavy atom. The fourth-order valence-electron chi connectivity index (χ4n) is 4.46. The first-order valence-corrected chi connectivity index (χ1v) is 11.4. The number of hydrogen-bond acceptors (Lipinski definition) is 4. The predicted molar refractivity (Wildman–Crippen MR) is 122 cm³/mol. The number of rotatable bonds is 6. The van der Waals surface area contributed by atoms with Gasteiger partial charge in [-0.15, -0.1) is 0 Å². The van der Waals surface area contributed by atoms with Gasteiger partial charge in [-0.1, -0.05) is 24.3 Å². The first kappa shape index (κ1) is 21.8. The molecule has 2 fully saturated rings. The van der Waals surface area contributed by atoms with Crippen molar-refractivity contribution in [3.05, 3.63) is 58.6 Å². The van der Waals surface area contributed by atoms with Crippen LogP contribution < -0.4 is 15.0 Å². The summed E-state index contributed by atoms with van der Waals surface area (Å²) in [6, 6.07) is 15.7. The number of nitrogens with one attached hydrogen (secondary N) is 1. The van der Waals surface area contributed by atoms with Crippen LogP contribution in [0.15, 0.2) is 53.0 Å². The molecule has 31 heavy (non-hydrogen) atoms. The average Bonchev–Trinajstić information content (AvgIpc) is 3.20. The summed E-state index contributed by atoms with van der Waals surface area (Å²) in [5, 5.41) is 3.15. The van der Waals surface area contributed by atoms with Crippen LogP contribution in [-0.2, 0) is 19.7 Å². The molecule has 0 radical (unpaired) electrons. The van der Waals surface area contributed by atoms with Crippen LogP contribution in [0.1, 0.15) is 24.8 Å². The summed E-state index contributed by atoms with van der Waals surface area (Å²) >= 11 is 3.50. The number of hydrogen-bond donors (Lipinski definition) is 1. The average molecular weight is 487 g/mol. The number of anilines is 1. The van der Waals surface area contributed by atoms with Crippen molar-refractivity contribution in [2.24, 2.45) is 5.92 Å². The summed E-state index contributed by atoms with van der Waals surface area (Å²) in [6.45, 7) is 2.26. The number of benzene rings is 2. The van der Waals surface area contributed by atoms with Gasteiger partial charge >= 0.3 is 0 Å². The van der Waals surface area contributed by atoms with E-state index < -0.39 is 0 Å². The number of ether oxygens (including phenoxy) is 2. The topological polar surface area (TPSA) is 67.9 Å². The van der Waals surface area contributed by atoms with Crippen LogP contribution in [0.3, 0.4) is 0 Å². The number of carbonyl (C=O) groups is 2. The minimum absolute atomic E-state index is 0.0250. The SMILES string of the molecule is COc1ccc(C2(CNC(=O)C3CC(=O)N(c4ccccc4Br)C3)CCOCC2)cc1. The molecule has 4 rings (SSSR count). The summed E-state index contributed by atoms with van der Waals surface area (Å²) in [7, 11) is 1.65. The van der Waals surface area contributed by atoms with Crippen LogP contribution >= 0.6 is 15.9 Å². The lowest BCUT2D eigenvalue weighted by Gasteiger charge is -2.38. The second-order valence-electron chi connectivity index (χ2n) is 8.20. The zero-order chi connectivity index (χ0) is 21.8. The highest BCUT2D eigenvalue weighted by molar-refractivity contribution is 9.10. The molecule has 0 aromatic heterocycles. The second-order valence-corrected chi connectivity index (χ2v) is 9.05. The largest absolute Gasteiger partial charge is 0.497 e. The monoisotopic (exact) mass is 486 g/mol. The molecule has 0 aliphatic carbocycles. The van der Waals surface area contributed by atoms with Gasteiger partial charge in [-0.25, -0.2) is 0 Å². The number of carbonyl (C=O) groups excluding carboxylic acids is 2. The van der Waals surface area contributed by atoms with Gasteiger partial charge in [-0.05, 0) is 58.6 Å². The molecule has 2 amide bonds. The molecule has 0 saturated carbocycles. The molecule has 2 saturated heterocycles. The summed E-state index contributed by atoms with van der Waals surface area (Å²) < 4.78 is 11.7. The van der Waals surface area contributed by atoms with E-state index >= 15 is 0 Å². The molecule has 2 aliphatic heterocycles. The Balaban J connectivity index is 1.44. The van der Waals surface area contributed by atoms with E-state index in [-0.39, 0.29) is 29.6 Å². The van der Waals surface area contributed by atoms with E-state index in [1.807, 2.05) is 36.4 Å². The Morgan fingerprint density at radius 3 is 2.58 bits per heavy atom. The van der Waals surface area contributed by atoms with Crippen molar-refractivity contribution < 1.29 is 19.1 Å². The molecule has 2 aliphatic rings. The highest BCUT2D eigenvalue weighted by Gasteiger charge is 2.39. The van der Waals surface area contributed by atoms with Gasteiger partial charge in [0.25, 0.3) is 0 Å². The van der Waals surface area contributed by atoms with Crippen molar-refractivity contribution in [2.75, 3.05) is 38.3 Å². The quantitative estimate of drug-likeness (QED) is 0.676. The highest BCUT2D eigenvalue weighted by atomic mass is 79.9. The van der Waals surface area contributed by atoms with E-state index in [2.05, 4.69) is 33.4 Å². The second kappa shape index (κ2) is 9.40. The van der Waals surface area contributed by atoms with Gasteiger partial charge in [0.05, 0.1) is 18.7 Å². The fraction of sp³-hybridized carbons (Fsp3) is 0.417. The highest BCUT2D eigenvalue weighted by Crippen LogP contribution is 2.36. The molecule has 164 valence electrons. The van der Waals surface area contributed by atoms with E-state index in [0.29, 0.717) is 26.3 Å². The zero-order valence-corrected chi connectivity index (χ0v) is 19.2. The van der Waals surface area contributed by atoms with Crippen molar-refractivity contribution in [3.8, 4) is 5.75 Å². The first-order chi connectivity index (χ1) is 15.0. The van der Waals surface area contributed by atoms with E-state index in [4.69, 9.17) is 9.47 Å². The molecule has 0 spiro atoms. The molecular formula is C24H27BrN2O4. The Hall–Kier alpha value is -2.38. The maximum atomic E-state index is 13.0. The van der Waals surface area contributed by atoms with Crippen LogP contribution in [0.25, 0.3) is 0 Å². The van der Waals surface area contributed by atoms with Gasteiger partial charge in [0.1, 0.15) is 5.75 Å². The molecule has 2 aromatic rings. The third-order valence-electron chi connectivity index (χ3n) is 6.39. The lowest BCUT2D eigenvalue weighted by Crippen LogP contribution is -2.46. The van der Waals surface area contributed by atoms with Crippen molar-refractivity contribution in [2.45, 2.75) is 24.7 Å². The predicted octanol–water partition coefficient (Wildman–Crippen LogP) is 3.68. The molecular weight excluding hydrogens is 460 g/mol. The van der Waals surface area contributed by atoms with Crippen molar-refractivity contribution in [3.63, 3.8) is 0 Å².